The van der Waals surface area contributed by atoms with Gasteiger partial charge < -0.3 is 10.1 Å². The van der Waals surface area contributed by atoms with Gasteiger partial charge in [0.25, 0.3) is 0 Å². The zero-order valence-corrected chi connectivity index (χ0v) is 12.1. The van der Waals surface area contributed by atoms with Crippen molar-refractivity contribution in [2.45, 2.75) is 73.0 Å². The topological polar surface area (TPSA) is 21.3 Å². The Hall–Kier alpha value is -0.0800. The van der Waals surface area contributed by atoms with Gasteiger partial charge in [-0.1, -0.05) is 27.7 Å². The maximum atomic E-state index is 5.70. The van der Waals surface area contributed by atoms with Crippen LogP contribution >= 0.6 is 0 Å². The largest absolute Gasteiger partial charge is 0.377 e. The van der Waals surface area contributed by atoms with Gasteiger partial charge in [0.15, 0.2) is 0 Å². The lowest BCUT2D eigenvalue weighted by Crippen LogP contribution is -2.40. The van der Waals surface area contributed by atoms with E-state index in [1.807, 2.05) is 0 Å². The molecule has 0 radical (unpaired) electrons. The van der Waals surface area contributed by atoms with Crippen LogP contribution < -0.4 is 5.32 Å². The lowest BCUT2D eigenvalue weighted by Gasteiger charge is -2.28. The SMILES string of the molecule is CCCNC(CCC(C)(C)C)C(C)OCC. The molecular formula is C14H31NO. The van der Waals surface area contributed by atoms with Gasteiger partial charge in [-0.25, -0.2) is 0 Å². The van der Waals surface area contributed by atoms with Crippen molar-refractivity contribution in [2.75, 3.05) is 13.2 Å². The van der Waals surface area contributed by atoms with Crippen molar-refractivity contribution in [3.05, 3.63) is 0 Å². The highest BCUT2D eigenvalue weighted by molar-refractivity contribution is 4.76. The monoisotopic (exact) mass is 229 g/mol. The number of rotatable bonds is 8. The number of hydrogen-bond donors (Lipinski definition) is 1. The van der Waals surface area contributed by atoms with Crippen molar-refractivity contribution in [3.63, 3.8) is 0 Å². The van der Waals surface area contributed by atoms with E-state index in [0.717, 1.165) is 13.2 Å². The molecule has 98 valence electrons. The molecule has 0 heterocycles. The molecule has 0 aliphatic heterocycles. The Morgan fingerprint density at radius 2 is 1.81 bits per heavy atom. The third-order valence-corrected chi connectivity index (χ3v) is 2.86. The summed E-state index contributed by atoms with van der Waals surface area (Å²) in [6.45, 7) is 15.3. The second-order valence-corrected chi connectivity index (χ2v) is 5.82. The minimum absolute atomic E-state index is 0.318. The van der Waals surface area contributed by atoms with Gasteiger partial charge in [0.2, 0.25) is 0 Å². The maximum Gasteiger partial charge on any atom is 0.0699 e. The van der Waals surface area contributed by atoms with E-state index >= 15 is 0 Å². The summed E-state index contributed by atoms with van der Waals surface area (Å²) in [7, 11) is 0. The molecule has 1 N–H and O–H groups in total. The van der Waals surface area contributed by atoms with Gasteiger partial charge in [-0.05, 0) is 45.1 Å². The second kappa shape index (κ2) is 8.08. The molecule has 0 aliphatic rings. The molecule has 0 aromatic carbocycles. The molecule has 2 heteroatoms. The highest BCUT2D eigenvalue weighted by Crippen LogP contribution is 2.22. The fourth-order valence-electron chi connectivity index (χ4n) is 1.80. The Bertz CT molecular complexity index is 163. The van der Waals surface area contributed by atoms with E-state index in [0.29, 0.717) is 17.6 Å². The molecular weight excluding hydrogens is 198 g/mol. The summed E-state index contributed by atoms with van der Waals surface area (Å²) in [6.07, 6.45) is 3.94. The van der Waals surface area contributed by atoms with Crippen molar-refractivity contribution < 1.29 is 4.74 Å². The quantitative estimate of drug-likeness (QED) is 0.686. The van der Waals surface area contributed by atoms with Gasteiger partial charge in [0.1, 0.15) is 0 Å². The van der Waals surface area contributed by atoms with E-state index in [-0.39, 0.29) is 0 Å². The first-order chi connectivity index (χ1) is 7.40. The van der Waals surface area contributed by atoms with Gasteiger partial charge in [-0.15, -0.1) is 0 Å². The van der Waals surface area contributed by atoms with Crippen LogP contribution in [0.25, 0.3) is 0 Å². The summed E-state index contributed by atoms with van der Waals surface area (Å²) in [4.78, 5) is 0. The maximum absolute atomic E-state index is 5.70. The van der Waals surface area contributed by atoms with E-state index in [1.165, 1.54) is 19.3 Å². The van der Waals surface area contributed by atoms with E-state index < -0.39 is 0 Å². The molecule has 0 bridgehead atoms. The molecule has 2 nitrogen and oxygen atoms in total. The summed E-state index contributed by atoms with van der Waals surface area (Å²) >= 11 is 0. The third kappa shape index (κ3) is 8.12. The summed E-state index contributed by atoms with van der Waals surface area (Å²) in [5.74, 6) is 0. The van der Waals surface area contributed by atoms with Crippen LogP contribution in [0.15, 0.2) is 0 Å². The first kappa shape index (κ1) is 15.9. The predicted octanol–water partition coefficient (Wildman–Crippen LogP) is 3.61. The summed E-state index contributed by atoms with van der Waals surface area (Å²) in [5, 5.41) is 3.60. The van der Waals surface area contributed by atoms with Crippen LogP contribution in [0.4, 0.5) is 0 Å². The van der Waals surface area contributed by atoms with Crippen molar-refractivity contribution in [2.24, 2.45) is 5.41 Å². The molecule has 0 amide bonds. The van der Waals surface area contributed by atoms with Crippen LogP contribution in [0.5, 0.6) is 0 Å². The van der Waals surface area contributed by atoms with E-state index in [2.05, 4.69) is 46.9 Å². The minimum atomic E-state index is 0.318. The molecule has 2 unspecified atom stereocenters. The number of nitrogens with one attached hydrogen (secondary N) is 1. The molecule has 0 rings (SSSR count). The molecule has 2 atom stereocenters. The van der Waals surface area contributed by atoms with Gasteiger partial charge >= 0.3 is 0 Å². The van der Waals surface area contributed by atoms with E-state index in [1.54, 1.807) is 0 Å². The standard InChI is InChI=1S/C14H31NO/c1-7-11-15-13(12(3)16-8-2)9-10-14(4,5)6/h12-13,15H,7-11H2,1-6H3. The van der Waals surface area contributed by atoms with Crippen LogP contribution in [-0.4, -0.2) is 25.3 Å². The first-order valence-corrected chi connectivity index (χ1v) is 6.75. The fourth-order valence-corrected chi connectivity index (χ4v) is 1.80. The summed E-state index contributed by atoms with van der Waals surface area (Å²) in [6, 6.07) is 0.499. The zero-order chi connectivity index (χ0) is 12.6. The summed E-state index contributed by atoms with van der Waals surface area (Å²) < 4.78 is 5.70. The second-order valence-electron chi connectivity index (χ2n) is 5.82. The van der Waals surface area contributed by atoms with Crippen LogP contribution in [0.1, 0.15) is 60.8 Å². The average Bonchev–Trinajstić information content (AvgIpc) is 2.16. The van der Waals surface area contributed by atoms with Crippen molar-refractivity contribution >= 4 is 0 Å². The van der Waals surface area contributed by atoms with Gasteiger partial charge in [0, 0.05) is 12.6 Å². The van der Waals surface area contributed by atoms with Crippen LogP contribution in [0, 0.1) is 5.41 Å². The number of hydrogen-bond acceptors (Lipinski definition) is 2. The molecule has 0 saturated heterocycles. The van der Waals surface area contributed by atoms with Gasteiger partial charge in [-0.2, -0.15) is 0 Å². The lowest BCUT2D eigenvalue weighted by molar-refractivity contribution is 0.0422. The first-order valence-electron chi connectivity index (χ1n) is 6.75. The van der Waals surface area contributed by atoms with Crippen molar-refractivity contribution in [1.82, 2.24) is 5.32 Å². The highest BCUT2D eigenvalue weighted by atomic mass is 16.5. The normalized spacial score (nSPS) is 16.1. The number of ether oxygens (including phenoxy) is 1. The third-order valence-electron chi connectivity index (χ3n) is 2.86. The molecule has 0 aromatic rings. The fraction of sp³-hybridized carbons (Fsp3) is 1.00. The smallest absolute Gasteiger partial charge is 0.0699 e. The van der Waals surface area contributed by atoms with Crippen LogP contribution in [-0.2, 0) is 4.74 Å². The van der Waals surface area contributed by atoms with Crippen LogP contribution in [0.3, 0.4) is 0 Å². The Labute approximate surface area is 102 Å². The highest BCUT2D eigenvalue weighted by Gasteiger charge is 2.19. The van der Waals surface area contributed by atoms with Gasteiger partial charge in [0.05, 0.1) is 6.10 Å². The molecule has 0 aromatic heterocycles. The van der Waals surface area contributed by atoms with Crippen molar-refractivity contribution in [3.8, 4) is 0 Å². The molecule has 16 heavy (non-hydrogen) atoms. The predicted molar refractivity (Wildman–Crippen MR) is 71.9 cm³/mol. The zero-order valence-electron chi connectivity index (χ0n) is 12.1. The lowest BCUT2D eigenvalue weighted by atomic mass is 9.87. The Balaban J connectivity index is 4.08. The molecule has 0 fully saturated rings. The average molecular weight is 229 g/mol. The van der Waals surface area contributed by atoms with Crippen molar-refractivity contribution in [1.29, 1.82) is 0 Å². The minimum Gasteiger partial charge on any atom is -0.377 e. The van der Waals surface area contributed by atoms with Gasteiger partial charge in [-0.3, -0.25) is 0 Å². The summed E-state index contributed by atoms with van der Waals surface area (Å²) in [5.41, 5.74) is 0.415. The molecule has 0 spiro atoms. The van der Waals surface area contributed by atoms with E-state index in [9.17, 15) is 0 Å². The molecule has 0 saturated carbocycles. The van der Waals surface area contributed by atoms with Crippen LogP contribution in [0.2, 0.25) is 0 Å². The Morgan fingerprint density at radius 1 is 1.19 bits per heavy atom. The Kier molecular flexibility index (Phi) is 8.04. The van der Waals surface area contributed by atoms with E-state index in [4.69, 9.17) is 4.74 Å². The Morgan fingerprint density at radius 3 is 2.25 bits per heavy atom. The molecule has 0 aliphatic carbocycles.